The Kier molecular flexibility index (Phi) is 4.15. The Morgan fingerprint density at radius 3 is 2.64 bits per heavy atom. The largest absolute Gasteiger partial charge is 0.325 e. The van der Waals surface area contributed by atoms with Crippen molar-refractivity contribution in [1.29, 1.82) is 0 Å². The standard InChI is InChI=1S/C19H19N3/c1-3-15-6-4-7-16(13-15)17-8-5-9-18(21-17)22-19-12-14(2)10-11-20-19/h4-13H,3H2,1-2H3,(H,20,21,22). The first kappa shape index (κ1) is 14.3. The highest BCUT2D eigenvalue weighted by atomic mass is 15.1. The lowest BCUT2D eigenvalue weighted by Gasteiger charge is -2.08. The van der Waals surface area contributed by atoms with E-state index >= 15 is 0 Å². The molecule has 110 valence electrons. The summed E-state index contributed by atoms with van der Waals surface area (Å²) in [6, 6.07) is 18.5. The molecular weight excluding hydrogens is 270 g/mol. The van der Waals surface area contributed by atoms with Crippen molar-refractivity contribution in [3.05, 3.63) is 71.9 Å². The summed E-state index contributed by atoms with van der Waals surface area (Å²) < 4.78 is 0. The molecule has 0 saturated carbocycles. The summed E-state index contributed by atoms with van der Waals surface area (Å²) in [4.78, 5) is 9.01. The fourth-order valence-corrected chi connectivity index (χ4v) is 2.35. The van der Waals surface area contributed by atoms with E-state index in [-0.39, 0.29) is 0 Å². The normalized spacial score (nSPS) is 10.5. The second-order valence-corrected chi connectivity index (χ2v) is 5.31. The summed E-state index contributed by atoms with van der Waals surface area (Å²) >= 11 is 0. The predicted molar refractivity (Wildman–Crippen MR) is 91.3 cm³/mol. The van der Waals surface area contributed by atoms with Gasteiger partial charge in [0.25, 0.3) is 0 Å². The third-order valence-electron chi connectivity index (χ3n) is 3.55. The molecule has 0 saturated heterocycles. The first-order chi connectivity index (χ1) is 10.7. The molecule has 0 amide bonds. The zero-order valence-corrected chi connectivity index (χ0v) is 12.9. The van der Waals surface area contributed by atoms with Crippen LogP contribution in [0.15, 0.2) is 60.8 Å². The number of anilines is 2. The van der Waals surface area contributed by atoms with E-state index in [1.807, 2.05) is 37.3 Å². The molecule has 0 bridgehead atoms. The van der Waals surface area contributed by atoms with E-state index in [4.69, 9.17) is 4.98 Å². The van der Waals surface area contributed by atoms with E-state index in [1.54, 1.807) is 6.20 Å². The Labute approximate surface area is 131 Å². The minimum Gasteiger partial charge on any atom is -0.325 e. The second kappa shape index (κ2) is 6.39. The molecule has 0 unspecified atom stereocenters. The van der Waals surface area contributed by atoms with Gasteiger partial charge >= 0.3 is 0 Å². The van der Waals surface area contributed by atoms with Gasteiger partial charge in [0.1, 0.15) is 11.6 Å². The Balaban J connectivity index is 1.89. The van der Waals surface area contributed by atoms with Gasteiger partial charge in [-0.05, 0) is 54.8 Å². The lowest BCUT2D eigenvalue weighted by molar-refractivity contribution is 1.14. The van der Waals surface area contributed by atoms with Crippen LogP contribution in [-0.4, -0.2) is 9.97 Å². The highest BCUT2D eigenvalue weighted by molar-refractivity contribution is 5.63. The number of hydrogen-bond donors (Lipinski definition) is 1. The first-order valence-corrected chi connectivity index (χ1v) is 7.50. The van der Waals surface area contributed by atoms with E-state index in [0.29, 0.717) is 0 Å². The van der Waals surface area contributed by atoms with E-state index in [0.717, 1.165) is 29.3 Å². The average Bonchev–Trinajstić information content (AvgIpc) is 2.55. The zero-order valence-electron chi connectivity index (χ0n) is 12.9. The molecule has 2 heterocycles. The Morgan fingerprint density at radius 2 is 1.82 bits per heavy atom. The van der Waals surface area contributed by atoms with Gasteiger partial charge in [0.05, 0.1) is 5.69 Å². The maximum absolute atomic E-state index is 4.69. The van der Waals surface area contributed by atoms with E-state index in [2.05, 4.69) is 41.5 Å². The van der Waals surface area contributed by atoms with Gasteiger partial charge in [-0.25, -0.2) is 9.97 Å². The lowest BCUT2D eigenvalue weighted by Crippen LogP contribution is -1.97. The molecule has 3 heteroatoms. The van der Waals surface area contributed by atoms with Gasteiger partial charge in [-0.15, -0.1) is 0 Å². The molecule has 3 rings (SSSR count). The highest BCUT2D eigenvalue weighted by Crippen LogP contribution is 2.21. The summed E-state index contributed by atoms with van der Waals surface area (Å²) in [6.45, 7) is 4.21. The number of nitrogens with one attached hydrogen (secondary N) is 1. The molecule has 0 fully saturated rings. The molecule has 0 aliphatic heterocycles. The van der Waals surface area contributed by atoms with Crippen LogP contribution in [0.4, 0.5) is 11.6 Å². The quantitative estimate of drug-likeness (QED) is 0.752. The smallest absolute Gasteiger partial charge is 0.132 e. The Morgan fingerprint density at radius 1 is 0.955 bits per heavy atom. The number of nitrogens with zero attached hydrogens (tertiary/aromatic N) is 2. The van der Waals surface area contributed by atoms with E-state index in [1.165, 1.54) is 11.1 Å². The van der Waals surface area contributed by atoms with Crippen LogP contribution in [0.3, 0.4) is 0 Å². The summed E-state index contributed by atoms with van der Waals surface area (Å²) in [5.74, 6) is 1.62. The van der Waals surface area contributed by atoms with Crippen LogP contribution in [0.1, 0.15) is 18.1 Å². The van der Waals surface area contributed by atoms with E-state index < -0.39 is 0 Å². The minimum atomic E-state index is 0.803. The van der Waals surface area contributed by atoms with Crippen molar-refractivity contribution in [2.45, 2.75) is 20.3 Å². The molecule has 2 aromatic heterocycles. The molecule has 0 aliphatic rings. The zero-order chi connectivity index (χ0) is 15.4. The van der Waals surface area contributed by atoms with Gasteiger partial charge in [-0.1, -0.05) is 31.2 Å². The van der Waals surface area contributed by atoms with E-state index in [9.17, 15) is 0 Å². The summed E-state index contributed by atoms with van der Waals surface area (Å²) in [7, 11) is 0. The number of hydrogen-bond acceptors (Lipinski definition) is 3. The Bertz CT molecular complexity index is 781. The van der Waals surface area contributed by atoms with Crippen LogP contribution < -0.4 is 5.32 Å². The molecule has 22 heavy (non-hydrogen) atoms. The number of aromatic nitrogens is 2. The van der Waals surface area contributed by atoms with Crippen LogP contribution in [0, 0.1) is 6.92 Å². The van der Waals surface area contributed by atoms with Crippen LogP contribution in [-0.2, 0) is 6.42 Å². The van der Waals surface area contributed by atoms with Crippen molar-refractivity contribution in [1.82, 2.24) is 9.97 Å². The molecular formula is C19H19N3. The van der Waals surface area contributed by atoms with Crippen LogP contribution in [0.25, 0.3) is 11.3 Å². The first-order valence-electron chi connectivity index (χ1n) is 7.50. The fourth-order valence-electron chi connectivity index (χ4n) is 2.35. The second-order valence-electron chi connectivity index (χ2n) is 5.31. The fraction of sp³-hybridized carbons (Fsp3) is 0.158. The summed E-state index contributed by atoms with van der Waals surface area (Å²) in [5, 5.41) is 3.26. The molecule has 0 aliphatic carbocycles. The SMILES string of the molecule is CCc1cccc(-c2cccc(Nc3cc(C)ccn3)n2)c1. The topological polar surface area (TPSA) is 37.8 Å². The third kappa shape index (κ3) is 3.31. The molecule has 3 nitrogen and oxygen atoms in total. The van der Waals surface area contributed by atoms with Crippen LogP contribution in [0.5, 0.6) is 0 Å². The molecule has 0 atom stereocenters. The average molecular weight is 289 g/mol. The third-order valence-corrected chi connectivity index (χ3v) is 3.55. The summed E-state index contributed by atoms with van der Waals surface area (Å²) in [5.41, 5.74) is 4.59. The van der Waals surface area contributed by atoms with Crippen molar-refractivity contribution in [3.63, 3.8) is 0 Å². The maximum Gasteiger partial charge on any atom is 0.132 e. The molecule has 1 N–H and O–H groups in total. The minimum absolute atomic E-state index is 0.803. The van der Waals surface area contributed by atoms with Crippen molar-refractivity contribution in [2.24, 2.45) is 0 Å². The Hall–Kier alpha value is -2.68. The molecule has 1 aromatic carbocycles. The van der Waals surface area contributed by atoms with Crippen molar-refractivity contribution < 1.29 is 0 Å². The predicted octanol–water partition coefficient (Wildman–Crippen LogP) is 4.76. The molecule has 0 radical (unpaired) electrons. The van der Waals surface area contributed by atoms with Gasteiger partial charge in [0, 0.05) is 11.8 Å². The van der Waals surface area contributed by atoms with Crippen molar-refractivity contribution >= 4 is 11.6 Å². The lowest BCUT2D eigenvalue weighted by atomic mass is 10.1. The molecule has 0 spiro atoms. The van der Waals surface area contributed by atoms with Crippen LogP contribution in [0.2, 0.25) is 0 Å². The molecule has 3 aromatic rings. The number of benzene rings is 1. The maximum atomic E-state index is 4.69. The van der Waals surface area contributed by atoms with Gasteiger partial charge in [-0.2, -0.15) is 0 Å². The van der Waals surface area contributed by atoms with Crippen LogP contribution >= 0.6 is 0 Å². The highest BCUT2D eigenvalue weighted by Gasteiger charge is 2.03. The number of rotatable bonds is 4. The van der Waals surface area contributed by atoms with Gasteiger partial charge in [-0.3, -0.25) is 0 Å². The number of aryl methyl sites for hydroxylation is 2. The summed E-state index contributed by atoms with van der Waals surface area (Å²) in [6.07, 6.45) is 2.82. The monoisotopic (exact) mass is 289 g/mol. The van der Waals surface area contributed by atoms with Crippen molar-refractivity contribution in [2.75, 3.05) is 5.32 Å². The van der Waals surface area contributed by atoms with Crippen molar-refractivity contribution in [3.8, 4) is 11.3 Å². The van der Waals surface area contributed by atoms with Gasteiger partial charge in [0.15, 0.2) is 0 Å². The number of pyridine rings is 2. The van der Waals surface area contributed by atoms with Gasteiger partial charge < -0.3 is 5.32 Å². The van der Waals surface area contributed by atoms with Gasteiger partial charge in [0.2, 0.25) is 0 Å².